The van der Waals surface area contributed by atoms with Crippen LogP contribution in [0.15, 0.2) is 59.7 Å². The van der Waals surface area contributed by atoms with E-state index < -0.39 is 54.5 Å². The van der Waals surface area contributed by atoms with Gasteiger partial charge in [0.1, 0.15) is 29.9 Å². The van der Waals surface area contributed by atoms with E-state index in [2.05, 4.69) is 25.9 Å². The molecule has 4 unspecified atom stereocenters. The van der Waals surface area contributed by atoms with E-state index >= 15 is 0 Å². The molecule has 1 heterocycles. The number of phenols is 1. The maximum absolute atomic E-state index is 13.6. The smallest absolute Gasteiger partial charge is 0.326 e. The Labute approximate surface area is 252 Å². The molecule has 4 atom stereocenters. The van der Waals surface area contributed by atoms with Crippen LogP contribution in [0.3, 0.4) is 0 Å². The van der Waals surface area contributed by atoms with Crippen LogP contribution < -0.4 is 33.2 Å². The van der Waals surface area contributed by atoms with Crippen molar-refractivity contribution in [2.45, 2.75) is 49.9 Å². The molecule has 3 amide bonds. The molecule has 15 nitrogen and oxygen atoms in total. The molecule has 0 saturated heterocycles. The number of nitrogens with zero attached hydrogens (tertiary/aromatic N) is 1. The zero-order valence-electron chi connectivity index (χ0n) is 23.9. The third-order valence-electron chi connectivity index (χ3n) is 6.83. The minimum absolute atomic E-state index is 0.00226. The molecule has 0 spiro atoms. The van der Waals surface area contributed by atoms with Crippen LogP contribution in [0.2, 0.25) is 0 Å². The number of hydrogen-bond donors (Lipinski definition) is 10. The highest BCUT2D eigenvalue weighted by molar-refractivity contribution is 5.95. The largest absolute Gasteiger partial charge is 0.508 e. The van der Waals surface area contributed by atoms with Gasteiger partial charge in [-0.3, -0.25) is 19.4 Å². The van der Waals surface area contributed by atoms with Gasteiger partial charge in [0.05, 0.1) is 6.61 Å². The number of aromatic amines is 1. The van der Waals surface area contributed by atoms with Gasteiger partial charge in [0.15, 0.2) is 5.96 Å². The molecule has 3 aromatic rings. The van der Waals surface area contributed by atoms with E-state index in [0.717, 1.165) is 10.9 Å². The van der Waals surface area contributed by atoms with E-state index in [-0.39, 0.29) is 43.9 Å². The van der Waals surface area contributed by atoms with Crippen molar-refractivity contribution >= 4 is 40.6 Å². The number of phenolic OH excluding ortho intramolecular Hbond substituents is 1. The van der Waals surface area contributed by atoms with Gasteiger partial charge in [-0.25, -0.2) is 4.79 Å². The monoisotopic (exact) mass is 610 g/mol. The third-order valence-corrected chi connectivity index (χ3v) is 6.83. The summed E-state index contributed by atoms with van der Waals surface area (Å²) in [6.45, 7) is -0.514. The summed E-state index contributed by atoms with van der Waals surface area (Å²) < 4.78 is 0. The number of amides is 3. The Hall–Kier alpha value is -5.15. The van der Waals surface area contributed by atoms with Crippen LogP contribution in [-0.2, 0) is 32.0 Å². The first-order valence-electron chi connectivity index (χ1n) is 13.9. The molecule has 1 aromatic heterocycles. The van der Waals surface area contributed by atoms with Crippen molar-refractivity contribution < 1.29 is 34.5 Å². The highest BCUT2D eigenvalue weighted by Crippen LogP contribution is 2.19. The van der Waals surface area contributed by atoms with E-state index in [1.54, 1.807) is 6.20 Å². The number of hydrogen-bond acceptors (Lipinski definition) is 8. The van der Waals surface area contributed by atoms with Gasteiger partial charge < -0.3 is 53.5 Å². The van der Waals surface area contributed by atoms with Crippen LogP contribution in [-0.4, -0.2) is 87.3 Å². The maximum Gasteiger partial charge on any atom is 0.326 e. The average Bonchev–Trinajstić information content (AvgIpc) is 3.40. The number of carboxylic acid groups (broad SMARTS) is 1. The van der Waals surface area contributed by atoms with Crippen LogP contribution >= 0.6 is 0 Å². The van der Waals surface area contributed by atoms with E-state index in [4.69, 9.17) is 17.2 Å². The number of rotatable bonds is 16. The number of aliphatic imine (C=N–C) groups is 1. The summed E-state index contributed by atoms with van der Waals surface area (Å²) in [4.78, 5) is 58.6. The molecule has 0 aliphatic rings. The topological polar surface area (TPSA) is 271 Å². The number of nitrogens with two attached hydrogens (primary N) is 3. The molecule has 13 N–H and O–H groups in total. The summed E-state index contributed by atoms with van der Waals surface area (Å²) in [5.41, 5.74) is 18.5. The molecular formula is C29H38N8O7. The van der Waals surface area contributed by atoms with Crippen LogP contribution in [0.5, 0.6) is 5.75 Å². The molecule has 15 heteroatoms. The lowest BCUT2D eigenvalue weighted by molar-refractivity contribution is -0.142. The number of aliphatic carboxylic acids is 1. The minimum Gasteiger partial charge on any atom is -0.508 e. The first kappa shape index (κ1) is 33.4. The molecule has 3 rings (SSSR count). The molecule has 0 fully saturated rings. The summed E-state index contributed by atoms with van der Waals surface area (Å²) in [5.74, 6) is -3.75. The molecule has 0 aliphatic carbocycles. The second kappa shape index (κ2) is 15.9. The summed E-state index contributed by atoms with van der Waals surface area (Å²) in [6.07, 6.45) is 1.91. The fourth-order valence-corrected chi connectivity index (χ4v) is 4.48. The molecule has 0 bridgehead atoms. The van der Waals surface area contributed by atoms with Gasteiger partial charge in [0.25, 0.3) is 0 Å². The zero-order valence-corrected chi connectivity index (χ0v) is 23.9. The third kappa shape index (κ3) is 9.71. The van der Waals surface area contributed by atoms with Crippen molar-refractivity contribution in [3.63, 3.8) is 0 Å². The van der Waals surface area contributed by atoms with E-state index in [9.17, 15) is 34.5 Å². The first-order chi connectivity index (χ1) is 21.0. The normalized spacial score (nSPS) is 13.7. The molecule has 2 aromatic carbocycles. The number of aliphatic hydroxyl groups excluding tert-OH is 1. The Balaban J connectivity index is 1.83. The second-order valence-corrected chi connectivity index (χ2v) is 10.2. The number of nitrogens with one attached hydrogen (secondary N) is 4. The number of H-pyrrole nitrogens is 1. The van der Waals surface area contributed by atoms with Gasteiger partial charge in [0.2, 0.25) is 17.7 Å². The SMILES string of the molecule is NC(N)=NCCCC(NC(=O)C(Cc1c[nH]c2ccccc12)NC(=O)C(N)CO)C(=O)NC(Cc1ccc(O)cc1)C(=O)O. The molecule has 236 valence electrons. The standard InChI is InChI=1S/C29H38N8O7/c30-20(15-38)25(40)36-23(13-17-14-34-21-5-2-1-4-19(17)21)27(42)35-22(6-3-11-33-29(31)32)26(41)37-24(28(43)44)12-16-7-9-18(39)10-8-16/h1-2,4-5,7-10,14,20,22-24,34,38-39H,3,6,11-13,15,30H2,(H,35,42)(H,36,40)(H,37,41)(H,43,44)(H4,31,32,33). The number of carbonyl (C=O) groups is 4. The first-order valence-corrected chi connectivity index (χ1v) is 13.9. The lowest BCUT2D eigenvalue weighted by Crippen LogP contribution is -2.58. The van der Waals surface area contributed by atoms with Crippen molar-refractivity contribution in [1.82, 2.24) is 20.9 Å². The quantitative estimate of drug-likeness (QED) is 0.0513. The summed E-state index contributed by atoms with van der Waals surface area (Å²) in [5, 5.41) is 37.1. The number of aromatic nitrogens is 1. The second-order valence-electron chi connectivity index (χ2n) is 10.2. The van der Waals surface area contributed by atoms with E-state index in [1.807, 2.05) is 24.3 Å². The Bertz CT molecular complexity index is 1470. The van der Waals surface area contributed by atoms with Crippen molar-refractivity contribution in [2.24, 2.45) is 22.2 Å². The summed E-state index contributed by atoms with van der Waals surface area (Å²) in [6, 6.07) is 8.13. The fraction of sp³-hybridized carbons (Fsp3) is 0.345. The van der Waals surface area contributed by atoms with Gasteiger partial charge in [0, 0.05) is 36.5 Å². The van der Waals surface area contributed by atoms with Crippen molar-refractivity contribution in [3.8, 4) is 5.75 Å². The van der Waals surface area contributed by atoms with Gasteiger partial charge >= 0.3 is 5.97 Å². The van der Waals surface area contributed by atoms with Crippen LogP contribution in [0.25, 0.3) is 10.9 Å². The number of aliphatic hydroxyl groups is 1. The average molecular weight is 611 g/mol. The van der Waals surface area contributed by atoms with E-state index in [1.165, 1.54) is 24.3 Å². The molecule has 0 saturated carbocycles. The fourth-order valence-electron chi connectivity index (χ4n) is 4.48. The Morgan fingerprint density at radius 2 is 1.50 bits per heavy atom. The van der Waals surface area contributed by atoms with Crippen molar-refractivity contribution in [2.75, 3.05) is 13.2 Å². The number of carbonyl (C=O) groups excluding carboxylic acids is 3. The highest BCUT2D eigenvalue weighted by atomic mass is 16.4. The van der Waals surface area contributed by atoms with Crippen molar-refractivity contribution in [3.05, 3.63) is 65.9 Å². The van der Waals surface area contributed by atoms with Gasteiger partial charge in [-0.05, 0) is 42.2 Å². The van der Waals surface area contributed by atoms with E-state index in [0.29, 0.717) is 11.1 Å². The summed E-state index contributed by atoms with van der Waals surface area (Å²) >= 11 is 0. The minimum atomic E-state index is -1.35. The van der Waals surface area contributed by atoms with Gasteiger partial charge in [-0.15, -0.1) is 0 Å². The van der Waals surface area contributed by atoms with Gasteiger partial charge in [-0.2, -0.15) is 0 Å². The highest BCUT2D eigenvalue weighted by Gasteiger charge is 2.31. The number of guanidine groups is 1. The maximum atomic E-state index is 13.6. The molecule has 44 heavy (non-hydrogen) atoms. The summed E-state index contributed by atoms with van der Waals surface area (Å²) in [7, 11) is 0. The number of carboxylic acids is 1. The van der Waals surface area contributed by atoms with Crippen LogP contribution in [0.4, 0.5) is 0 Å². The van der Waals surface area contributed by atoms with Crippen LogP contribution in [0.1, 0.15) is 24.0 Å². The lowest BCUT2D eigenvalue weighted by atomic mass is 10.0. The number of para-hydroxylation sites is 1. The lowest BCUT2D eigenvalue weighted by Gasteiger charge is -2.25. The van der Waals surface area contributed by atoms with Crippen LogP contribution in [0, 0.1) is 0 Å². The zero-order chi connectivity index (χ0) is 32.2. The van der Waals surface area contributed by atoms with Crippen molar-refractivity contribution in [1.29, 1.82) is 0 Å². The number of benzene rings is 2. The number of fused-ring (bicyclic) bond motifs is 1. The molecule has 0 radical (unpaired) electrons. The number of aromatic hydroxyl groups is 1. The molecule has 0 aliphatic heterocycles. The Kier molecular flexibility index (Phi) is 12.1. The molecular weight excluding hydrogens is 572 g/mol. The predicted octanol–water partition coefficient (Wildman–Crippen LogP) is -1.43. The predicted molar refractivity (Wildman–Crippen MR) is 162 cm³/mol. The van der Waals surface area contributed by atoms with Gasteiger partial charge in [-0.1, -0.05) is 30.3 Å². The Morgan fingerprint density at radius 1 is 0.864 bits per heavy atom. The Morgan fingerprint density at radius 3 is 2.16 bits per heavy atom.